The first-order valence-electron chi connectivity index (χ1n) is 7.98. The molecule has 0 radical (unpaired) electrons. The molecule has 21 heavy (non-hydrogen) atoms. The van der Waals surface area contributed by atoms with Crippen molar-refractivity contribution in [1.29, 1.82) is 0 Å². The van der Waals surface area contributed by atoms with Gasteiger partial charge in [-0.1, -0.05) is 17.7 Å². The number of rotatable bonds is 7. The molecule has 2 rings (SSSR count). The van der Waals surface area contributed by atoms with E-state index in [1.54, 1.807) is 0 Å². The number of halogens is 1. The molecule has 0 saturated carbocycles. The van der Waals surface area contributed by atoms with Crippen LogP contribution in [0.25, 0.3) is 0 Å². The van der Waals surface area contributed by atoms with E-state index in [4.69, 9.17) is 16.3 Å². The summed E-state index contributed by atoms with van der Waals surface area (Å²) in [7, 11) is 0. The van der Waals surface area contributed by atoms with E-state index in [0.717, 1.165) is 36.3 Å². The zero-order valence-corrected chi connectivity index (χ0v) is 13.9. The Labute approximate surface area is 133 Å². The van der Waals surface area contributed by atoms with Gasteiger partial charge >= 0.3 is 0 Å². The van der Waals surface area contributed by atoms with Crippen LogP contribution >= 0.6 is 11.6 Å². The maximum atomic E-state index is 5.97. The van der Waals surface area contributed by atoms with E-state index in [2.05, 4.69) is 24.1 Å². The Morgan fingerprint density at radius 1 is 1.43 bits per heavy atom. The minimum Gasteiger partial charge on any atom is -0.492 e. The zero-order valence-electron chi connectivity index (χ0n) is 13.1. The smallest absolute Gasteiger partial charge is 0.120 e. The Kier molecular flexibility index (Phi) is 6.81. The molecule has 0 amide bonds. The fraction of sp³-hybridized carbons (Fsp3) is 0.647. The highest BCUT2D eigenvalue weighted by atomic mass is 35.5. The number of hydrogen-bond acceptors (Lipinski definition) is 3. The second kappa shape index (κ2) is 8.62. The van der Waals surface area contributed by atoms with E-state index < -0.39 is 0 Å². The summed E-state index contributed by atoms with van der Waals surface area (Å²) in [5.74, 6) is 1.62. The van der Waals surface area contributed by atoms with Crippen LogP contribution in [-0.4, -0.2) is 43.7 Å². The molecule has 1 saturated heterocycles. The van der Waals surface area contributed by atoms with Crippen molar-refractivity contribution >= 4 is 11.6 Å². The molecule has 1 atom stereocenters. The average Bonchev–Trinajstić information content (AvgIpc) is 2.47. The summed E-state index contributed by atoms with van der Waals surface area (Å²) in [5.41, 5.74) is 0. The first kappa shape index (κ1) is 16.6. The third kappa shape index (κ3) is 5.85. The lowest BCUT2D eigenvalue weighted by molar-refractivity contribution is 0.143. The maximum Gasteiger partial charge on any atom is 0.120 e. The minimum atomic E-state index is 0.551. The summed E-state index contributed by atoms with van der Waals surface area (Å²) >= 11 is 5.97. The van der Waals surface area contributed by atoms with Crippen LogP contribution in [0.4, 0.5) is 0 Å². The maximum absolute atomic E-state index is 5.97. The van der Waals surface area contributed by atoms with Crippen LogP contribution in [0, 0.1) is 5.92 Å². The molecule has 0 aromatic heterocycles. The van der Waals surface area contributed by atoms with Crippen molar-refractivity contribution in [2.75, 3.05) is 32.8 Å². The third-order valence-electron chi connectivity index (χ3n) is 4.07. The van der Waals surface area contributed by atoms with Gasteiger partial charge in [0.2, 0.25) is 0 Å². The molecule has 1 aliphatic rings. The Morgan fingerprint density at radius 3 is 2.95 bits per heavy atom. The quantitative estimate of drug-likeness (QED) is 0.835. The van der Waals surface area contributed by atoms with Crippen LogP contribution in [0.15, 0.2) is 24.3 Å². The Hall–Kier alpha value is -0.770. The summed E-state index contributed by atoms with van der Waals surface area (Å²) in [5, 5.41) is 4.22. The molecule has 4 heteroatoms. The Morgan fingerprint density at radius 2 is 2.29 bits per heavy atom. The van der Waals surface area contributed by atoms with Crippen LogP contribution in [-0.2, 0) is 0 Å². The lowest BCUT2D eigenvalue weighted by atomic mass is 9.98. The molecule has 1 aromatic carbocycles. The van der Waals surface area contributed by atoms with E-state index in [-0.39, 0.29) is 0 Å². The molecule has 118 valence electrons. The monoisotopic (exact) mass is 310 g/mol. The number of nitrogens with zero attached hydrogens (tertiary/aromatic N) is 1. The lowest BCUT2D eigenvalue weighted by Crippen LogP contribution is -2.42. The topological polar surface area (TPSA) is 24.5 Å². The molecule has 1 aromatic rings. The van der Waals surface area contributed by atoms with Crippen LogP contribution in [0.3, 0.4) is 0 Å². The molecule has 0 spiro atoms. The first-order chi connectivity index (χ1) is 10.1. The molecular formula is C17H27ClN2O. The summed E-state index contributed by atoms with van der Waals surface area (Å²) in [6.45, 7) is 9.67. The summed E-state index contributed by atoms with van der Waals surface area (Å²) < 4.78 is 5.81. The SMILES string of the molecule is CC(C)N(CCOc1cccc(Cl)c1)CC1CCCNC1. The van der Waals surface area contributed by atoms with E-state index in [0.29, 0.717) is 12.6 Å². The predicted octanol–water partition coefficient (Wildman–Crippen LogP) is 3.43. The summed E-state index contributed by atoms with van der Waals surface area (Å²) in [4.78, 5) is 2.52. The third-order valence-corrected chi connectivity index (χ3v) is 4.30. The molecule has 1 heterocycles. The van der Waals surface area contributed by atoms with E-state index >= 15 is 0 Å². The van der Waals surface area contributed by atoms with Crippen molar-refractivity contribution < 1.29 is 4.74 Å². The highest BCUT2D eigenvalue weighted by Gasteiger charge is 2.18. The first-order valence-corrected chi connectivity index (χ1v) is 8.36. The Balaban J connectivity index is 1.77. The van der Waals surface area contributed by atoms with E-state index in [1.165, 1.54) is 19.4 Å². The second-order valence-electron chi connectivity index (χ2n) is 6.11. The summed E-state index contributed by atoms with van der Waals surface area (Å²) in [6.07, 6.45) is 2.64. The zero-order chi connectivity index (χ0) is 15.1. The number of hydrogen-bond donors (Lipinski definition) is 1. The van der Waals surface area contributed by atoms with Gasteiger partial charge < -0.3 is 10.1 Å². The largest absolute Gasteiger partial charge is 0.492 e. The highest BCUT2D eigenvalue weighted by Crippen LogP contribution is 2.17. The molecule has 0 aliphatic carbocycles. The molecular weight excluding hydrogens is 284 g/mol. The van der Waals surface area contributed by atoms with Gasteiger partial charge in [-0.25, -0.2) is 0 Å². The molecule has 3 nitrogen and oxygen atoms in total. The lowest BCUT2D eigenvalue weighted by Gasteiger charge is -2.32. The van der Waals surface area contributed by atoms with Crippen molar-refractivity contribution in [2.24, 2.45) is 5.92 Å². The molecule has 0 bridgehead atoms. The van der Waals surface area contributed by atoms with Crippen molar-refractivity contribution in [2.45, 2.75) is 32.7 Å². The number of nitrogens with one attached hydrogen (secondary N) is 1. The Bertz CT molecular complexity index is 419. The van der Waals surface area contributed by atoms with Crippen LogP contribution in [0.1, 0.15) is 26.7 Å². The molecule has 1 aliphatic heterocycles. The van der Waals surface area contributed by atoms with Crippen molar-refractivity contribution in [3.8, 4) is 5.75 Å². The van der Waals surface area contributed by atoms with E-state index in [1.807, 2.05) is 24.3 Å². The van der Waals surface area contributed by atoms with Crippen molar-refractivity contribution in [3.05, 3.63) is 29.3 Å². The normalized spacial score (nSPS) is 19.2. The van der Waals surface area contributed by atoms with Crippen LogP contribution in [0.5, 0.6) is 5.75 Å². The number of piperidine rings is 1. The van der Waals surface area contributed by atoms with Gasteiger partial charge in [-0.3, -0.25) is 4.90 Å². The number of benzene rings is 1. The van der Waals surface area contributed by atoms with Gasteiger partial charge in [0.1, 0.15) is 12.4 Å². The fourth-order valence-electron chi connectivity index (χ4n) is 2.81. The van der Waals surface area contributed by atoms with Crippen LogP contribution in [0.2, 0.25) is 5.02 Å². The fourth-order valence-corrected chi connectivity index (χ4v) is 2.99. The van der Waals surface area contributed by atoms with E-state index in [9.17, 15) is 0 Å². The van der Waals surface area contributed by atoms with Gasteiger partial charge in [-0.2, -0.15) is 0 Å². The molecule has 1 N–H and O–H groups in total. The highest BCUT2D eigenvalue weighted by molar-refractivity contribution is 6.30. The van der Waals surface area contributed by atoms with Gasteiger partial charge in [0.05, 0.1) is 0 Å². The predicted molar refractivity (Wildman–Crippen MR) is 89.2 cm³/mol. The van der Waals surface area contributed by atoms with Crippen molar-refractivity contribution in [3.63, 3.8) is 0 Å². The van der Waals surface area contributed by atoms with Gasteiger partial charge in [-0.05, 0) is 63.9 Å². The summed E-state index contributed by atoms with van der Waals surface area (Å²) in [6, 6.07) is 8.16. The van der Waals surface area contributed by atoms with Gasteiger partial charge in [-0.15, -0.1) is 0 Å². The molecule has 1 unspecified atom stereocenters. The second-order valence-corrected chi connectivity index (χ2v) is 6.54. The van der Waals surface area contributed by atoms with Gasteiger partial charge in [0.25, 0.3) is 0 Å². The molecule has 1 fully saturated rings. The number of ether oxygens (including phenoxy) is 1. The van der Waals surface area contributed by atoms with Crippen LogP contribution < -0.4 is 10.1 Å². The van der Waals surface area contributed by atoms with Gasteiger partial charge in [0, 0.05) is 24.2 Å². The van der Waals surface area contributed by atoms with Gasteiger partial charge in [0.15, 0.2) is 0 Å². The standard InChI is InChI=1S/C17H27ClN2O/c1-14(2)20(13-15-5-4-8-19-12-15)9-10-21-17-7-3-6-16(18)11-17/h3,6-7,11,14-15,19H,4-5,8-10,12-13H2,1-2H3. The average molecular weight is 311 g/mol. The van der Waals surface area contributed by atoms with Crippen molar-refractivity contribution in [1.82, 2.24) is 10.2 Å². The minimum absolute atomic E-state index is 0.551.